The van der Waals surface area contributed by atoms with E-state index in [2.05, 4.69) is 10.6 Å². The zero-order valence-electron chi connectivity index (χ0n) is 12.0. The van der Waals surface area contributed by atoms with Gasteiger partial charge in [0.25, 0.3) is 0 Å². The molecule has 1 aromatic rings. The highest BCUT2D eigenvalue weighted by Gasteiger charge is 2.08. The maximum Gasteiger partial charge on any atom is 0.220 e. The van der Waals surface area contributed by atoms with Gasteiger partial charge in [0.05, 0.1) is 6.54 Å². The zero-order valence-corrected chi connectivity index (χ0v) is 12.0. The van der Waals surface area contributed by atoms with Crippen molar-refractivity contribution in [1.82, 2.24) is 10.6 Å². The van der Waals surface area contributed by atoms with Crippen molar-refractivity contribution in [1.29, 1.82) is 0 Å². The molecule has 0 aliphatic carbocycles. The van der Waals surface area contributed by atoms with Crippen LogP contribution in [0.15, 0.2) is 24.3 Å². The first-order chi connectivity index (χ1) is 9.13. The van der Waals surface area contributed by atoms with E-state index in [-0.39, 0.29) is 12.0 Å². The minimum atomic E-state index is -0.0330. The molecule has 0 radical (unpaired) electrons. The molecule has 0 aromatic heterocycles. The van der Waals surface area contributed by atoms with Gasteiger partial charge in [-0.1, -0.05) is 18.2 Å². The Morgan fingerprint density at radius 2 is 2.11 bits per heavy atom. The number of rotatable bonds is 8. The first kappa shape index (κ1) is 15.5. The highest BCUT2D eigenvalue weighted by atomic mass is 16.5. The summed E-state index contributed by atoms with van der Waals surface area (Å²) in [6, 6.07) is 7.89. The Balaban J connectivity index is 2.26. The molecule has 0 heterocycles. The summed E-state index contributed by atoms with van der Waals surface area (Å²) in [5.41, 5.74) is 1.11. The second-order valence-electron chi connectivity index (χ2n) is 4.71. The van der Waals surface area contributed by atoms with E-state index in [0.29, 0.717) is 13.0 Å². The Morgan fingerprint density at radius 3 is 2.79 bits per heavy atom. The van der Waals surface area contributed by atoms with Crippen molar-refractivity contribution < 1.29 is 9.53 Å². The number of hydrogen-bond donors (Lipinski definition) is 2. The Morgan fingerprint density at radius 1 is 1.37 bits per heavy atom. The van der Waals surface area contributed by atoms with Crippen molar-refractivity contribution in [2.45, 2.75) is 32.8 Å². The quantitative estimate of drug-likeness (QED) is 0.705. The smallest absolute Gasteiger partial charge is 0.220 e. The molecule has 0 aliphatic heterocycles. The van der Waals surface area contributed by atoms with Gasteiger partial charge < -0.3 is 15.4 Å². The van der Waals surface area contributed by atoms with Gasteiger partial charge in [0.1, 0.15) is 11.9 Å². The van der Waals surface area contributed by atoms with E-state index in [4.69, 9.17) is 4.74 Å². The fraction of sp³-hybridized carbons (Fsp3) is 0.533. The van der Waals surface area contributed by atoms with Crippen LogP contribution in [0.4, 0.5) is 0 Å². The van der Waals surface area contributed by atoms with Crippen LogP contribution in [0, 0.1) is 6.92 Å². The van der Waals surface area contributed by atoms with Gasteiger partial charge in [0, 0.05) is 6.42 Å². The molecule has 2 N–H and O–H groups in total. The van der Waals surface area contributed by atoms with Crippen molar-refractivity contribution in [3.63, 3.8) is 0 Å². The molecule has 4 heteroatoms. The van der Waals surface area contributed by atoms with Gasteiger partial charge in [-0.15, -0.1) is 0 Å². The van der Waals surface area contributed by atoms with Crippen LogP contribution in [0.5, 0.6) is 5.75 Å². The fourth-order valence-electron chi connectivity index (χ4n) is 1.72. The van der Waals surface area contributed by atoms with Crippen molar-refractivity contribution in [3.8, 4) is 5.75 Å². The van der Waals surface area contributed by atoms with Gasteiger partial charge in [0.2, 0.25) is 5.91 Å². The van der Waals surface area contributed by atoms with E-state index in [9.17, 15) is 4.79 Å². The summed E-state index contributed by atoms with van der Waals surface area (Å²) in [5, 5.41) is 5.91. The minimum Gasteiger partial charge on any atom is -0.489 e. The SMILES string of the molecule is CNCCCC(=O)NCC(C)Oc1ccccc1C. The van der Waals surface area contributed by atoms with E-state index in [1.165, 1.54) is 0 Å². The average molecular weight is 264 g/mol. The number of hydrogen-bond acceptors (Lipinski definition) is 3. The number of carbonyl (C=O) groups excluding carboxylic acids is 1. The first-order valence-corrected chi connectivity index (χ1v) is 6.77. The lowest BCUT2D eigenvalue weighted by Crippen LogP contribution is -2.33. The van der Waals surface area contributed by atoms with Gasteiger partial charge in [-0.25, -0.2) is 0 Å². The van der Waals surface area contributed by atoms with Crippen molar-refractivity contribution in [2.24, 2.45) is 0 Å². The number of ether oxygens (including phenoxy) is 1. The van der Waals surface area contributed by atoms with Gasteiger partial charge in [0.15, 0.2) is 0 Å². The van der Waals surface area contributed by atoms with E-state index < -0.39 is 0 Å². The summed E-state index contributed by atoms with van der Waals surface area (Å²) in [6.07, 6.45) is 1.38. The van der Waals surface area contributed by atoms with Crippen LogP contribution in [0.1, 0.15) is 25.3 Å². The van der Waals surface area contributed by atoms with Crippen LogP contribution < -0.4 is 15.4 Å². The summed E-state index contributed by atoms with van der Waals surface area (Å²) in [7, 11) is 1.88. The number of carbonyl (C=O) groups is 1. The molecular formula is C15H24N2O2. The standard InChI is InChI=1S/C15H24N2O2/c1-12-7-4-5-8-14(12)19-13(2)11-17-15(18)9-6-10-16-3/h4-5,7-8,13,16H,6,9-11H2,1-3H3,(H,17,18). The maximum atomic E-state index is 11.5. The summed E-state index contributed by atoms with van der Waals surface area (Å²) in [4.78, 5) is 11.5. The molecule has 0 aliphatic rings. The predicted molar refractivity (Wildman–Crippen MR) is 77.4 cm³/mol. The zero-order chi connectivity index (χ0) is 14.1. The first-order valence-electron chi connectivity index (χ1n) is 6.77. The fourth-order valence-corrected chi connectivity index (χ4v) is 1.72. The Bertz CT molecular complexity index is 393. The largest absolute Gasteiger partial charge is 0.489 e. The Labute approximate surface area is 115 Å². The van der Waals surface area contributed by atoms with Crippen LogP contribution in [-0.4, -0.2) is 32.1 Å². The molecule has 0 bridgehead atoms. The van der Waals surface area contributed by atoms with Crippen LogP contribution >= 0.6 is 0 Å². The molecule has 1 atom stereocenters. The molecule has 0 saturated carbocycles. The molecule has 19 heavy (non-hydrogen) atoms. The van der Waals surface area contributed by atoms with Crippen LogP contribution in [-0.2, 0) is 4.79 Å². The number of nitrogens with one attached hydrogen (secondary N) is 2. The monoisotopic (exact) mass is 264 g/mol. The summed E-state index contributed by atoms with van der Waals surface area (Å²) in [5.74, 6) is 0.954. The molecule has 0 fully saturated rings. The second-order valence-corrected chi connectivity index (χ2v) is 4.71. The minimum absolute atomic E-state index is 0.0330. The highest BCUT2D eigenvalue weighted by Crippen LogP contribution is 2.17. The Kier molecular flexibility index (Phi) is 6.97. The van der Waals surface area contributed by atoms with Gasteiger partial charge in [-0.2, -0.15) is 0 Å². The van der Waals surface area contributed by atoms with Crippen molar-refractivity contribution in [2.75, 3.05) is 20.1 Å². The summed E-state index contributed by atoms with van der Waals surface area (Å²) in [6.45, 7) is 5.37. The highest BCUT2D eigenvalue weighted by molar-refractivity contribution is 5.75. The molecule has 106 valence electrons. The maximum absolute atomic E-state index is 11.5. The molecule has 1 rings (SSSR count). The van der Waals surface area contributed by atoms with E-state index in [1.807, 2.05) is 45.2 Å². The number of aryl methyl sites for hydroxylation is 1. The number of para-hydroxylation sites is 1. The lowest BCUT2D eigenvalue weighted by Gasteiger charge is -2.17. The average Bonchev–Trinajstić information content (AvgIpc) is 2.39. The van der Waals surface area contributed by atoms with Gasteiger partial charge >= 0.3 is 0 Å². The number of benzene rings is 1. The molecule has 0 spiro atoms. The molecule has 0 saturated heterocycles. The van der Waals surface area contributed by atoms with Crippen molar-refractivity contribution in [3.05, 3.63) is 29.8 Å². The molecule has 4 nitrogen and oxygen atoms in total. The molecule has 1 unspecified atom stereocenters. The van der Waals surface area contributed by atoms with E-state index >= 15 is 0 Å². The molecule has 1 amide bonds. The topological polar surface area (TPSA) is 50.4 Å². The van der Waals surface area contributed by atoms with E-state index in [1.54, 1.807) is 0 Å². The normalized spacial score (nSPS) is 11.9. The third-order valence-corrected chi connectivity index (χ3v) is 2.84. The van der Waals surface area contributed by atoms with E-state index in [0.717, 1.165) is 24.3 Å². The van der Waals surface area contributed by atoms with Crippen LogP contribution in [0.2, 0.25) is 0 Å². The molecular weight excluding hydrogens is 240 g/mol. The predicted octanol–water partition coefficient (Wildman–Crippen LogP) is 1.88. The third kappa shape index (κ3) is 6.25. The lowest BCUT2D eigenvalue weighted by atomic mass is 10.2. The van der Waals surface area contributed by atoms with Crippen LogP contribution in [0.3, 0.4) is 0 Å². The molecule has 1 aromatic carbocycles. The Hall–Kier alpha value is -1.55. The van der Waals surface area contributed by atoms with Crippen LogP contribution in [0.25, 0.3) is 0 Å². The van der Waals surface area contributed by atoms with Crippen molar-refractivity contribution >= 4 is 5.91 Å². The lowest BCUT2D eigenvalue weighted by molar-refractivity contribution is -0.121. The van der Waals surface area contributed by atoms with Gasteiger partial charge in [-0.05, 0) is 45.5 Å². The van der Waals surface area contributed by atoms with Gasteiger partial charge in [-0.3, -0.25) is 4.79 Å². The summed E-state index contributed by atoms with van der Waals surface area (Å²) < 4.78 is 5.79. The number of amides is 1. The third-order valence-electron chi connectivity index (χ3n) is 2.84. The summed E-state index contributed by atoms with van der Waals surface area (Å²) >= 11 is 0. The second kappa shape index (κ2) is 8.53.